The summed E-state index contributed by atoms with van der Waals surface area (Å²) in [4.78, 5) is 14.5. The van der Waals surface area contributed by atoms with Crippen LogP contribution in [0.1, 0.15) is 120 Å². The van der Waals surface area contributed by atoms with Gasteiger partial charge in [-0.2, -0.15) is 0 Å². The Hall–Kier alpha value is -0.890. The van der Waals surface area contributed by atoms with E-state index >= 15 is 0 Å². The summed E-state index contributed by atoms with van der Waals surface area (Å²) in [5, 5.41) is 10.8. The number of ether oxygens (including phenoxy) is 4. The van der Waals surface area contributed by atoms with E-state index in [2.05, 4.69) is 34.6 Å². The van der Waals surface area contributed by atoms with E-state index in [9.17, 15) is 9.90 Å². The summed E-state index contributed by atoms with van der Waals surface area (Å²) in [6.07, 6.45) is 12.0. The molecule has 12 atom stereocenters. The largest absolute Gasteiger partial charge is 0.444 e. The van der Waals surface area contributed by atoms with Gasteiger partial charge < -0.3 is 29.0 Å². The molecule has 8 unspecified atom stereocenters. The molecular formula is C37H61NO6. The number of amides is 1. The van der Waals surface area contributed by atoms with Crippen molar-refractivity contribution in [3.05, 3.63) is 0 Å². The number of nitrogens with zero attached hydrogens (tertiary/aromatic N) is 1. The van der Waals surface area contributed by atoms with Crippen molar-refractivity contribution in [2.45, 2.75) is 156 Å². The van der Waals surface area contributed by atoms with Crippen LogP contribution in [0.25, 0.3) is 0 Å². The summed E-state index contributed by atoms with van der Waals surface area (Å²) in [5.41, 5.74) is 0.906. The van der Waals surface area contributed by atoms with Crippen molar-refractivity contribution in [3.8, 4) is 0 Å². The van der Waals surface area contributed by atoms with Crippen molar-refractivity contribution in [2.24, 2.45) is 51.2 Å². The summed E-state index contributed by atoms with van der Waals surface area (Å²) in [6, 6.07) is 0. The number of rotatable bonds is 4. The van der Waals surface area contributed by atoms with Gasteiger partial charge in [0.25, 0.3) is 0 Å². The maximum absolute atomic E-state index is 12.8. The van der Waals surface area contributed by atoms with Crippen LogP contribution in [0.3, 0.4) is 0 Å². The minimum absolute atomic E-state index is 0.0115. The maximum atomic E-state index is 12.8. The molecule has 2 saturated heterocycles. The van der Waals surface area contributed by atoms with Crippen LogP contribution in [0.15, 0.2) is 0 Å². The molecule has 2 heterocycles. The molecule has 2 spiro atoms. The lowest BCUT2D eigenvalue weighted by Gasteiger charge is -2.60. The van der Waals surface area contributed by atoms with Gasteiger partial charge >= 0.3 is 6.09 Å². The molecule has 2 aliphatic heterocycles. The van der Waals surface area contributed by atoms with Gasteiger partial charge in [0.05, 0.1) is 37.6 Å². The van der Waals surface area contributed by atoms with Crippen LogP contribution in [-0.4, -0.2) is 72.1 Å². The van der Waals surface area contributed by atoms with E-state index in [0.717, 1.165) is 24.7 Å². The molecule has 0 aromatic rings. The number of carbonyl (C=O) groups excluding carboxylic acids is 1. The zero-order valence-electron chi connectivity index (χ0n) is 28.9. The number of carbonyl (C=O) groups is 1. The first-order chi connectivity index (χ1) is 20.6. The van der Waals surface area contributed by atoms with Gasteiger partial charge in [0.1, 0.15) is 5.60 Å². The zero-order valence-corrected chi connectivity index (χ0v) is 28.9. The Morgan fingerprint density at radius 2 is 1.70 bits per heavy atom. The number of fused-ring (bicyclic) bond motifs is 4. The van der Waals surface area contributed by atoms with Gasteiger partial charge in [-0.25, -0.2) is 4.79 Å². The Balaban J connectivity index is 1.03. The third kappa shape index (κ3) is 4.74. The first-order valence-electron chi connectivity index (χ1n) is 18.2. The molecule has 0 aromatic carbocycles. The van der Waals surface area contributed by atoms with Crippen LogP contribution in [0, 0.1) is 51.2 Å². The molecule has 7 fully saturated rings. The summed E-state index contributed by atoms with van der Waals surface area (Å²) in [5.74, 6) is 3.15. The highest BCUT2D eigenvalue weighted by Crippen LogP contribution is 2.87. The fourth-order valence-corrected chi connectivity index (χ4v) is 12.6. The number of hydrogen-bond donors (Lipinski definition) is 1. The lowest BCUT2D eigenvalue weighted by atomic mass is 9.46. The molecule has 5 saturated carbocycles. The van der Waals surface area contributed by atoms with E-state index in [0.29, 0.717) is 53.9 Å². The topological polar surface area (TPSA) is 77.5 Å². The summed E-state index contributed by atoms with van der Waals surface area (Å²) >= 11 is 0. The van der Waals surface area contributed by atoms with Gasteiger partial charge in [0.2, 0.25) is 0 Å². The second-order valence-electron chi connectivity index (χ2n) is 18.4. The Morgan fingerprint density at radius 3 is 2.43 bits per heavy atom. The van der Waals surface area contributed by atoms with Crippen molar-refractivity contribution in [2.75, 3.05) is 19.7 Å². The lowest BCUT2D eigenvalue weighted by Crippen LogP contribution is -2.56. The average molecular weight is 616 g/mol. The molecule has 7 aliphatic rings. The van der Waals surface area contributed by atoms with Crippen LogP contribution >= 0.6 is 0 Å². The number of aliphatic hydroxyl groups is 1. The van der Waals surface area contributed by atoms with Crippen molar-refractivity contribution < 1.29 is 28.8 Å². The van der Waals surface area contributed by atoms with Crippen LogP contribution < -0.4 is 0 Å². The van der Waals surface area contributed by atoms with Crippen LogP contribution in [0.2, 0.25) is 0 Å². The Labute approximate surface area is 266 Å². The van der Waals surface area contributed by atoms with E-state index in [4.69, 9.17) is 18.9 Å². The Kier molecular flexibility index (Phi) is 7.60. The van der Waals surface area contributed by atoms with Gasteiger partial charge in [-0.3, -0.25) is 0 Å². The minimum Gasteiger partial charge on any atom is -0.444 e. The van der Waals surface area contributed by atoms with Crippen LogP contribution in [0.4, 0.5) is 4.79 Å². The molecule has 44 heavy (non-hydrogen) atoms. The third-order valence-corrected chi connectivity index (χ3v) is 14.6. The quantitative estimate of drug-likeness (QED) is 0.361. The highest BCUT2D eigenvalue weighted by atomic mass is 16.7. The second-order valence-corrected chi connectivity index (χ2v) is 18.4. The third-order valence-electron chi connectivity index (χ3n) is 14.6. The van der Waals surface area contributed by atoms with Crippen LogP contribution in [0.5, 0.6) is 0 Å². The fourth-order valence-electron chi connectivity index (χ4n) is 12.6. The van der Waals surface area contributed by atoms with Crippen molar-refractivity contribution in [1.29, 1.82) is 0 Å². The van der Waals surface area contributed by atoms with E-state index in [1.807, 2.05) is 20.8 Å². The van der Waals surface area contributed by atoms with Gasteiger partial charge in [-0.05, 0) is 136 Å². The number of aliphatic hydroxyl groups excluding tert-OH is 1. The van der Waals surface area contributed by atoms with Gasteiger partial charge in [-0.1, -0.05) is 34.6 Å². The number of morpholine rings is 1. The maximum Gasteiger partial charge on any atom is 0.410 e. The van der Waals surface area contributed by atoms with Gasteiger partial charge in [0.15, 0.2) is 6.29 Å². The van der Waals surface area contributed by atoms with E-state index in [1.54, 1.807) is 4.90 Å². The van der Waals surface area contributed by atoms with Crippen molar-refractivity contribution >= 4 is 6.09 Å². The summed E-state index contributed by atoms with van der Waals surface area (Å²) in [7, 11) is 0. The molecule has 0 radical (unpaired) electrons. The highest BCUT2D eigenvalue weighted by Gasteiger charge is 2.80. The van der Waals surface area contributed by atoms with E-state index in [-0.39, 0.29) is 35.7 Å². The average Bonchev–Trinajstić information content (AvgIpc) is 3.53. The van der Waals surface area contributed by atoms with E-state index < -0.39 is 11.9 Å². The number of hydrogen-bond acceptors (Lipinski definition) is 6. The molecule has 5 aliphatic carbocycles. The zero-order chi connectivity index (χ0) is 31.4. The molecule has 1 amide bonds. The lowest BCUT2D eigenvalue weighted by molar-refractivity contribution is -0.243. The Morgan fingerprint density at radius 1 is 0.955 bits per heavy atom. The van der Waals surface area contributed by atoms with Crippen molar-refractivity contribution in [1.82, 2.24) is 4.90 Å². The molecule has 7 rings (SSSR count). The van der Waals surface area contributed by atoms with Gasteiger partial charge in [0, 0.05) is 6.54 Å². The fraction of sp³-hybridized carbons (Fsp3) is 0.973. The van der Waals surface area contributed by atoms with E-state index in [1.165, 1.54) is 51.4 Å². The predicted molar refractivity (Wildman–Crippen MR) is 169 cm³/mol. The van der Waals surface area contributed by atoms with Crippen LogP contribution in [-0.2, 0) is 18.9 Å². The summed E-state index contributed by atoms with van der Waals surface area (Å²) in [6.45, 7) is 19.0. The molecule has 0 bridgehead atoms. The second kappa shape index (κ2) is 10.6. The first-order valence-corrected chi connectivity index (χ1v) is 18.2. The van der Waals surface area contributed by atoms with Gasteiger partial charge in [-0.15, -0.1) is 0 Å². The SMILES string of the molecule is CC(C)[C@@H](O)C1CCC2C(CC3C4CCC5C(C)(C)[C@@H](OC6CN(C(=O)OC(C)(C)C)CCO6)CCC56C[C@@]46CC[C@]23C)O1. The molecule has 0 aromatic heterocycles. The molecular weight excluding hydrogens is 554 g/mol. The minimum atomic E-state index is -0.511. The Bertz CT molecular complexity index is 1120. The summed E-state index contributed by atoms with van der Waals surface area (Å²) < 4.78 is 25.3. The first kappa shape index (κ1) is 31.7. The highest BCUT2D eigenvalue weighted by molar-refractivity contribution is 5.68. The predicted octanol–water partition coefficient (Wildman–Crippen LogP) is 7.19. The molecule has 250 valence electrons. The smallest absolute Gasteiger partial charge is 0.410 e. The molecule has 7 nitrogen and oxygen atoms in total. The van der Waals surface area contributed by atoms with Crippen molar-refractivity contribution in [3.63, 3.8) is 0 Å². The standard InChI is InChI=1S/C37H61NO6/c1-22(2)31(39)26-11-9-24-27(42-26)19-25-23-10-12-28-34(6,7)29(13-14-37(28)21-36(23,37)16-15-35(24,25)8)43-30-20-38(17-18-41-30)32(40)44-33(3,4)5/h22-31,39H,9-21H2,1-8H3/t23?,24?,25?,26?,27?,28?,29-,30?,31+,35+,36-,37?/m0/s1. The molecule has 7 heteroatoms. The molecule has 1 N–H and O–H groups in total. The normalized spacial score (nSPS) is 48.4. The monoisotopic (exact) mass is 615 g/mol.